The SMILES string of the molecule is COc1cccc(C=CC(=O)c2c(OCC=C(C)C)ccc3c(=O)c4ccccc4oc23)c1. The molecule has 0 bridgehead atoms. The zero-order chi connectivity index (χ0) is 23.4. The van der Waals surface area contributed by atoms with Crippen molar-refractivity contribution in [3.05, 3.63) is 99.7 Å². The summed E-state index contributed by atoms with van der Waals surface area (Å²) in [7, 11) is 1.59. The first-order valence-electron chi connectivity index (χ1n) is 10.6. The molecule has 1 aromatic heterocycles. The molecule has 0 aliphatic heterocycles. The Bertz CT molecular complexity index is 1450. The van der Waals surface area contributed by atoms with Crippen LogP contribution in [0.1, 0.15) is 29.8 Å². The molecule has 0 spiro atoms. The summed E-state index contributed by atoms with van der Waals surface area (Å²) in [6.07, 6.45) is 5.07. The molecule has 4 rings (SSSR count). The summed E-state index contributed by atoms with van der Waals surface area (Å²) in [5.74, 6) is 0.728. The van der Waals surface area contributed by atoms with E-state index in [9.17, 15) is 9.59 Å². The maximum Gasteiger partial charge on any atom is 0.200 e. The maximum atomic E-state index is 13.4. The van der Waals surface area contributed by atoms with E-state index in [0.29, 0.717) is 34.5 Å². The van der Waals surface area contributed by atoms with Gasteiger partial charge in [-0.05, 0) is 68.0 Å². The predicted molar refractivity (Wildman–Crippen MR) is 131 cm³/mol. The Hall–Kier alpha value is -4.12. The van der Waals surface area contributed by atoms with E-state index in [0.717, 1.165) is 11.1 Å². The molecule has 0 saturated carbocycles. The Balaban J connectivity index is 1.86. The first-order chi connectivity index (χ1) is 16.0. The van der Waals surface area contributed by atoms with Crippen molar-refractivity contribution >= 4 is 33.8 Å². The van der Waals surface area contributed by atoms with E-state index >= 15 is 0 Å². The number of allylic oxidation sites excluding steroid dienone is 2. The van der Waals surface area contributed by atoms with Crippen LogP contribution in [0.3, 0.4) is 0 Å². The Labute approximate surface area is 191 Å². The number of para-hydroxylation sites is 1. The summed E-state index contributed by atoms with van der Waals surface area (Å²) in [4.78, 5) is 26.4. The Kier molecular flexibility index (Phi) is 6.41. The van der Waals surface area contributed by atoms with Crippen molar-refractivity contribution in [1.29, 1.82) is 0 Å². The third-order valence-electron chi connectivity index (χ3n) is 5.21. The van der Waals surface area contributed by atoms with Gasteiger partial charge in [0.05, 0.1) is 17.9 Å². The number of fused-ring (bicyclic) bond motifs is 2. The normalized spacial score (nSPS) is 11.1. The van der Waals surface area contributed by atoms with Gasteiger partial charge in [0.1, 0.15) is 29.3 Å². The zero-order valence-corrected chi connectivity index (χ0v) is 18.8. The minimum atomic E-state index is -0.325. The van der Waals surface area contributed by atoms with Gasteiger partial charge in [0, 0.05) is 0 Å². The lowest BCUT2D eigenvalue weighted by atomic mass is 10.0. The molecule has 166 valence electrons. The quantitative estimate of drug-likeness (QED) is 0.148. The summed E-state index contributed by atoms with van der Waals surface area (Å²) in [6.45, 7) is 4.24. The lowest BCUT2D eigenvalue weighted by Crippen LogP contribution is -2.08. The Morgan fingerprint density at radius 1 is 1.00 bits per heavy atom. The molecule has 3 aromatic carbocycles. The molecule has 0 radical (unpaired) electrons. The van der Waals surface area contributed by atoms with Crippen molar-refractivity contribution in [2.24, 2.45) is 0 Å². The van der Waals surface area contributed by atoms with Gasteiger partial charge in [-0.3, -0.25) is 9.59 Å². The lowest BCUT2D eigenvalue weighted by molar-refractivity contribution is 0.104. The average Bonchev–Trinajstić information content (AvgIpc) is 2.82. The fraction of sp³-hybridized carbons (Fsp3) is 0.143. The number of hydrogen-bond donors (Lipinski definition) is 0. The molecule has 0 fully saturated rings. The number of rotatable bonds is 7. The smallest absolute Gasteiger partial charge is 0.200 e. The van der Waals surface area contributed by atoms with Gasteiger partial charge in [0.2, 0.25) is 5.43 Å². The average molecular weight is 440 g/mol. The molecule has 0 N–H and O–H groups in total. The fourth-order valence-corrected chi connectivity index (χ4v) is 3.50. The highest BCUT2D eigenvalue weighted by atomic mass is 16.5. The summed E-state index contributed by atoms with van der Waals surface area (Å²) >= 11 is 0. The van der Waals surface area contributed by atoms with E-state index in [-0.39, 0.29) is 22.4 Å². The number of carbonyl (C=O) groups excluding carboxylic acids is 1. The maximum absolute atomic E-state index is 13.4. The van der Waals surface area contributed by atoms with Crippen LogP contribution in [0.2, 0.25) is 0 Å². The van der Waals surface area contributed by atoms with Crippen molar-refractivity contribution in [3.8, 4) is 11.5 Å². The molecular formula is C28H24O5. The topological polar surface area (TPSA) is 65.7 Å². The van der Waals surface area contributed by atoms with Gasteiger partial charge in [-0.25, -0.2) is 0 Å². The van der Waals surface area contributed by atoms with Crippen LogP contribution >= 0.6 is 0 Å². The molecular weight excluding hydrogens is 416 g/mol. The van der Waals surface area contributed by atoms with Crippen LogP contribution in [0, 0.1) is 0 Å². The van der Waals surface area contributed by atoms with E-state index in [1.165, 1.54) is 6.08 Å². The van der Waals surface area contributed by atoms with Gasteiger partial charge in [0.15, 0.2) is 11.4 Å². The molecule has 4 aromatic rings. The molecule has 33 heavy (non-hydrogen) atoms. The van der Waals surface area contributed by atoms with Crippen LogP contribution in [0.4, 0.5) is 0 Å². The Morgan fingerprint density at radius 3 is 2.61 bits per heavy atom. The van der Waals surface area contributed by atoms with E-state index in [1.54, 1.807) is 49.6 Å². The third kappa shape index (κ3) is 4.72. The molecule has 0 aliphatic rings. The number of benzene rings is 3. The minimum absolute atomic E-state index is 0.187. The van der Waals surface area contributed by atoms with Crippen molar-refractivity contribution in [1.82, 2.24) is 0 Å². The molecule has 0 aliphatic carbocycles. The summed E-state index contributed by atoms with van der Waals surface area (Å²) < 4.78 is 17.2. The van der Waals surface area contributed by atoms with Crippen molar-refractivity contribution in [2.45, 2.75) is 13.8 Å². The van der Waals surface area contributed by atoms with Crippen LogP contribution in [-0.4, -0.2) is 19.5 Å². The fourth-order valence-electron chi connectivity index (χ4n) is 3.50. The van der Waals surface area contributed by atoms with E-state index in [2.05, 4.69) is 0 Å². The van der Waals surface area contributed by atoms with Gasteiger partial charge in [-0.1, -0.05) is 35.9 Å². The largest absolute Gasteiger partial charge is 0.497 e. The van der Waals surface area contributed by atoms with Gasteiger partial charge in [-0.2, -0.15) is 0 Å². The van der Waals surface area contributed by atoms with Crippen LogP contribution in [-0.2, 0) is 0 Å². The van der Waals surface area contributed by atoms with Gasteiger partial charge >= 0.3 is 0 Å². The van der Waals surface area contributed by atoms with Crippen molar-refractivity contribution in [3.63, 3.8) is 0 Å². The molecule has 0 saturated heterocycles. The lowest BCUT2D eigenvalue weighted by Gasteiger charge is -2.11. The molecule has 1 heterocycles. The van der Waals surface area contributed by atoms with Gasteiger partial charge in [-0.15, -0.1) is 0 Å². The standard InChI is InChI=1S/C28H24O5/c1-18(2)15-16-32-25-14-12-22-27(30)21-9-4-5-10-24(21)33-28(22)26(25)23(29)13-11-19-7-6-8-20(17-19)31-3/h4-15,17H,16H2,1-3H3. The second-order valence-corrected chi connectivity index (χ2v) is 7.81. The third-order valence-corrected chi connectivity index (χ3v) is 5.21. The van der Waals surface area contributed by atoms with E-state index in [4.69, 9.17) is 13.9 Å². The highest BCUT2D eigenvalue weighted by molar-refractivity contribution is 6.16. The summed E-state index contributed by atoms with van der Waals surface area (Å²) in [5.41, 5.74) is 2.57. The first-order valence-corrected chi connectivity index (χ1v) is 10.6. The van der Waals surface area contributed by atoms with Crippen molar-refractivity contribution < 1.29 is 18.7 Å². The minimum Gasteiger partial charge on any atom is -0.497 e. The highest BCUT2D eigenvalue weighted by Crippen LogP contribution is 2.30. The number of ketones is 1. The molecule has 0 unspecified atom stereocenters. The van der Waals surface area contributed by atoms with Gasteiger partial charge in [0.25, 0.3) is 0 Å². The van der Waals surface area contributed by atoms with Crippen LogP contribution in [0.5, 0.6) is 11.5 Å². The molecule has 0 amide bonds. The Morgan fingerprint density at radius 2 is 1.82 bits per heavy atom. The van der Waals surface area contributed by atoms with Crippen LogP contribution in [0.25, 0.3) is 28.0 Å². The number of methoxy groups -OCH3 is 1. The molecule has 0 atom stereocenters. The number of carbonyl (C=O) groups is 1. The van der Waals surface area contributed by atoms with Crippen LogP contribution < -0.4 is 14.9 Å². The van der Waals surface area contributed by atoms with E-state index in [1.807, 2.05) is 44.2 Å². The van der Waals surface area contributed by atoms with Crippen LogP contribution in [0.15, 0.2) is 87.6 Å². The second-order valence-electron chi connectivity index (χ2n) is 7.81. The molecule has 5 nitrogen and oxygen atoms in total. The van der Waals surface area contributed by atoms with Crippen molar-refractivity contribution in [2.75, 3.05) is 13.7 Å². The zero-order valence-electron chi connectivity index (χ0n) is 18.8. The highest BCUT2D eigenvalue weighted by Gasteiger charge is 2.20. The molecule has 5 heteroatoms. The number of hydrogen-bond acceptors (Lipinski definition) is 5. The monoisotopic (exact) mass is 440 g/mol. The summed E-state index contributed by atoms with van der Waals surface area (Å²) in [6, 6.07) is 17.7. The van der Waals surface area contributed by atoms with Gasteiger partial charge < -0.3 is 13.9 Å². The summed E-state index contributed by atoms with van der Waals surface area (Å²) in [5, 5.41) is 0.801. The first kappa shape index (κ1) is 22.1. The predicted octanol–water partition coefficient (Wildman–Crippen LogP) is 6.20. The van der Waals surface area contributed by atoms with E-state index < -0.39 is 0 Å². The second kappa shape index (κ2) is 9.57. The number of ether oxygens (including phenoxy) is 2.